The van der Waals surface area contributed by atoms with E-state index >= 15 is 0 Å². The molecular weight excluding hydrogens is 200 g/mol. The van der Waals surface area contributed by atoms with Crippen LogP contribution in [0.15, 0.2) is 24.3 Å². The lowest BCUT2D eigenvalue weighted by molar-refractivity contribution is 0.312. The van der Waals surface area contributed by atoms with Gasteiger partial charge in [0.25, 0.3) is 0 Å². The summed E-state index contributed by atoms with van der Waals surface area (Å²) in [5.74, 6) is -1.86. The summed E-state index contributed by atoms with van der Waals surface area (Å²) in [4.78, 5) is 0. The molecule has 2 nitrogen and oxygen atoms in total. The van der Waals surface area contributed by atoms with Crippen molar-refractivity contribution in [3.05, 3.63) is 41.5 Å². The summed E-state index contributed by atoms with van der Waals surface area (Å²) in [5.41, 5.74) is 6.36. The monoisotopic (exact) mass is 213 g/mol. The smallest absolute Gasteiger partial charge is 0.191 e. The summed E-state index contributed by atoms with van der Waals surface area (Å²) in [5, 5.41) is 0. The molecule has 0 aliphatic heterocycles. The Labute approximate surface area is 87.4 Å². The number of hydrogen-bond acceptors (Lipinski definition) is 2. The molecule has 2 N–H and O–H groups in total. The fraction of sp³-hybridized carbons (Fsp3) is 0.273. The third-order valence-corrected chi connectivity index (χ3v) is 1.76. The van der Waals surface area contributed by atoms with E-state index in [1.807, 2.05) is 0 Å². The van der Waals surface area contributed by atoms with Gasteiger partial charge in [-0.05, 0) is 30.2 Å². The number of ether oxygens (including phenoxy) is 1. The molecule has 15 heavy (non-hydrogen) atoms. The summed E-state index contributed by atoms with van der Waals surface area (Å²) < 4.78 is 31.5. The molecule has 82 valence electrons. The Morgan fingerprint density at radius 1 is 1.40 bits per heavy atom. The van der Waals surface area contributed by atoms with Crippen molar-refractivity contribution in [2.75, 3.05) is 6.61 Å². The van der Waals surface area contributed by atoms with Gasteiger partial charge in [-0.25, -0.2) is 8.78 Å². The molecule has 0 spiro atoms. The van der Waals surface area contributed by atoms with Gasteiger partial charge in [-0.2, -0.15) is 0 Å². The van der Waals surface area contributed by atoms with Gasteiger partial charge in [0, 0.05) is 6.54 Å². The predicted molar refractivity (Wildman–Crippen MR) is 54.6 cm³/mol. The van der Waals surface area contributed by atoms with Crippen molar-refractivity contribution in [1.29, 1.82) is 0 Å². The Bertz CT molecular complexity index is 354. The van der Waals surface area contributed by atoms with Gasteiger partial charge in [0.2, 0.25) is 0 Å². The summed E-state index contributed by atoms with van der Waals surface area (Å²) in [6.45, 7) is 5.47. The van der Waals surface area contributed by atoms with Crippen LogP contribution in [0.3, 0.4) is 0 Å². The molecule has 0 saturated carbocycles. The van der Waals surface area contributed by atoms with Crippen molar-refractivity contribution in [3.63, 3.8) is 0 Å². The van der Waals surface area contributed by atoms with Crippen LogP contribution in [0, 0.1) is 11.6 Å². The lowest BCUT2D eigenvalue weighted by Crippen LogP contribution is -2.04. The normalized spacial score (nSPS) is 10.1. The number of halogens is 2. The number of hydrogen-bond donors (Lipinski definition) is 1. The molecule has 0 aliphatic rings. The van der Waals surface area contributed by atoms with Crippen molar-refractivity contribution in [3.8, 4) is 5.75 Å². The molecule has 1 rings (SSSR count). The topological polar surface area (TPSA) is 35.2 Å². The highest BCUT2D eigenvalue weighted by Crippen LogP contribution is 2.23. The molecule has 0 aliphatic carbocycles. The largest absolute Gasteiger partial charge is 0.483 e. The van der Waals surface area contributed by atoms with Crippen LogP contribution in [0.2, 0.25) is 0 Å². The predicted octanol–water partition coefficient (Wildman–Crippen LogP) is 2.38. The zero-order chi connectivity index (χ0) is 11.4. The van der Waals surface area contributed by atoms with E-state index in [-0.39, 0.29) is 18.9 Å². The molecule has 1 aromatic rings. The van der Waals surface area contributed by atoms with E-state index in [2.05, 4.69) is 6.58 Å². The molecule has 0 fully saturated rings. The van der Waals surface area contributed by atoms with Crippen LogP contribution in [0.4, 0.5) is 8.78 Å². The lowest BCUT2D eigenvalue weighted by Gasteiger charge is -2.09. The average molecular weight is 213 g/mol. The van der Waals surface area contributed by atoms with E-state index < -0.39 is 11.6 Å². The van der Waals surface area contributed by atoms with Crippen molar-refractivity contribution in [2.45, 2.75) is 13.5 Å². The maximum Gasteiger partial charge on any atom is 0.191 e. The zero-order valence-electron chi connectivity index (χ0n) is 8.52. The summed E-state index contributed by atoms with van der Waals surface area (Å²) in [7, 11) is 0. The van der Waals surface area contributed by atoms with Crippen LogP contribution in [0.5, 0.6) is 5.75 Å². The van der Waals surface area contributed by atoms with Gasteiger partial charge in [-0.1, -0.05) is 6.58 Å². The third-order valence-electron chi connectivity index (χ3n) is 1.76. The molecule has 0 heterocycles. The van der Waals surface area contributed by atoms with Gasteiger partial charge in [-0.3, -0.25) is 0 Å². The van der Waals surface area contributed by atoms with E-state index in [1.165, 1.54) is 0 Å². The first-order valence-corrected chi connectivity index (χ1v) is 4.49. The van der Waals surface area contributed by atoms with Crippen molar-refractivity contribution in [1.82, 2.24) is 0 Å². The average Bonchev–Trinajstić information content (AvgIpc) is 2.15. The Morgan fingerprint density at radius 2 is 1.93 bits per heavy atom. The molecular formula is C11H13F2NO. The molecule has 0 atom stereocenters. The number of benzene rings is 1. The van der Waals surface area contributed by atoms with E-state index in [0.29, 0.717) is 11.1 Å². The molecule has 0 unspecified atom stereocenters. The first kappa shape index (κ1) is 11.7. The fourth-order valence-electron chi connectivity index (χ4n) is 1.06. The van der Waals surface area contributed by atoms with Gasteiger partial charge >= 0.3 is 0 Å². The quantitative estimate of drug-likeness (QED) is 0.779. The van der Waals surface area contributed by atoms with Crippen molar-refractivity contribution < 1.29 is 13.5 Å². The highest BCUT2D eigenvalue weighted by molar-refractivity contribution is 5.31. The first-order chi connectivity index (χ1) is 7.04. The molecule has 0 radical (unpaired) electrons. The number of nitrogens with two attached hydrogens (primary N) is 1. The SMILES string of the molecule is C=C(C)COc1c(F)cc(CN)cc1F. The molecule has 0 bridgehead atoms. The molecule has 0 saturated heterocycles. The first-order valence-electron chi connectivity index (χ1n) is 4.49. The second-order valence-electron chi connectivity index (χ2n) is 3.34. The fourth-order valence-corrected chi connectivity index (χ4v) is 1.06. The van der Waals surface area contributed by atoms with Crippen LogP contribution in [0.1, 0.15) is 12.5 Å². The summed E-state index contributed by atoms with van der Waals surface area (Å²) >= 11 is 0. The number of rotatable bonds is 4. The van der Waals surface area contributed by atoms with E-state index in [1.54, 1.807) is 6.92 Å². The van der Waals surface area contributed by atoms with Crippen LogP contribution >= 0.6 is 0 Å². The van der Waals surface area contributed by atoms with E-state index in [4.69, 9.17) is 10.5 Å². The minimum Gasteiger partial charge on any atom is -0.483 e. The van der Waals surface area contributed by atoms with E-state index in [0.717, 1.165) is 12.1 Å². The Hall–Kier alpha value is -1.42. The van der Waals surface area contributed by atoms with Crippen LogP contribution in [-0.2, 0) is 6.54 Å². The maximum atomic E-state index is 13.3. The summed E-state index contributed by atoms with van der Waals surface area (Å²) in [6, 6.07) is 2.33. The second kappa shape index (κ2) is 4.89. The summed E-state index contributed by atoms with van der Waals surface area (Å²) in [6.07, 6.45) is 0. The van der Waals surface area contributed by atoms with E-state index in [9.17, 15) is 8.78 Å². The second-order valence-corrected chi connectivity index (χ2v) is 3.34. The van der Waals surface area contributed by atoms with Crippen LogP contribution in [0.25, 0.3) is 0 Å². The van der Waals surface area contributed by atoms with Gasteiger partial charge in [0.05, 0.1) is 0 Å². The maximum absolute atomic E-state index is 13.3. The zero-order valence-corrected chi connectivity index (χ0v) is 8.52. The Kier molecular flexibility index (Phi) is 3.80. The highest BCUT2D eigenvalue weighted by Gasteiger charge is 2.11. The van der Waals surface area contributed by atoms with Crippen molar-refractivity contribution in [2.24, 2.45) is 5.73 Å². The molecule has 1 aromatic carbocycles. The third kappa shape index (κ3) is 3.02. The van der Waals surface area contributed by atoms with Crippen LogP contribution < -0.4 is 10.5 Å². The van der Waals surface area contributed by atoms with Gasteiger partial charge in [-0.15, -0.1) is 0 Å². The van der Waals surface area contributed by atoms with Crippen molar-refractivity contribution >= 4 is 0 Å². The van der Waals surface area contributed by atoms with Gasteiger partial charge in [0.1, 0.15) is 6.61 Å². The minimum atomic E-state index is -0.739. The van der Waals surface area contributed by atoms with Gasteiger partial charge in [0.15, 0.2) is 17.4 Å². The molecule has 0 amide bonds. The lowest BCUT2D eigenvalue weighted by atomic mass is 10.2. The Morgan fingerprint density at radius 3 is 2.33 bits per heavy atom. The molecule has 0 aromatic heterocycles. The Balaban J connectivity index is 2.92. The molecule has 4 heteroatoms. The van der Waals surface area contributed by atoms with Crippen LogP contribution in [-0.4, -0.2) is 6.61 Å². The highest BCUT2D eigenvalue weighted by atomic mass is 19.1. The standard InChI is InChI=1S/C11H13F2NO/c1-7(2)6-15-11-9(12)3-8(5-14)4-10(11)13/h3-4H,1,5-6,14H2,2H3. The van der Waals surface area contributed by atoms with Gasteiger partial charge < -0.3 is 10.5 Å². The minimum absolute atomic E-state index is 0.0919.